The Labute approximate surface area is 392 Å². The first-order valence-corrected chi connectivity index (χ1v) is 25.9. The van der Waals surface area contributed by atoms with Crippen LogP contribution in [0.2, 0.25) is 0 Å². The summed E-state index contributed by atoms with van der Waals surface area (Å²) in [5.41, 5.74) is 0. The van der Waals surface area contributed by atoms with E-state index < -0.39 is 80.7 Å². The van der Waals surface area contributed by atoms with Crippen LogP contribution in [0, 0.1) is 0 Å². The van der Waals surface area contributed by atoms with Crippen molar-refractivity contribution in [3.63, 3.8) is 0 Å². The third-order valence-electron chi connectivity index (χ3n) is 12.5. The van der Waals surface area contributed by atoms with E-state index in [9.17, 15) is 40.5 Å². The number of unbranched alkanes of at least 4 members (excludes halogenated alkanes) is 23. The van der Waals surface area contributed by atoms with Gasteiger partial charge in [0.25, 0.3) is 0 Å². The number of hydrogen-bond acceptors (Lipinski definition) is 14. The first kappa shape index (κ1) is 59.6. The van der Waals surface area contributed by atoms with Gasteiger partial charge in [-0.3, -0.25) is 4.79 Å². The highest BCUT2D eigenvalue weighted by atomic mass is 16.7. The summed E-state index contributed by atoms with van der Waals surface area (Å²) >= 11 is 0. The molecule has 0 bridgehead atoms. The number of esters is 1. The van der Waals surface area contributed by atoms with Crippen LogP contribution in [0.4, 0.5) is 0 Å². The van der Waals surface area contributed by atoms with E-state index >= 15 is 0 Å². The van der Waals surface area contributed by atoms with Crippen molar-refractivity contribution in [2.24, 2.45) is 0 Å². The van der Waals surface area contributed by atoms with Crippen molar-refractivity contribution in [3.05, 3.63) is 24.3 Å². The first-order chi connectivity index (χ1) is 31.6. The molecular weight excluding hydrogens is 837 g/mol. The predicted octanol–water partition coefficient (Wildman–Crippen LogP) is 7.63. The molecule has 0 aromatic carbocycles. The number of ether oxygens (including phenoxy) is 6. The number of aliphatic hydroxyl groups excluding tert-OH is 7. The maximum Gasteiger partial charge on any atom is 0.306 e. The fraction of sp³-hybridized carbons (Fsp3) is 0.902. The van der Waals surface area contributed by atoms with Crippen molar-refractivity contribution in [3.8, 4) is 0 Å². The van der Waals surface area contributed by atoms with Gasteiger partial charge in [-0.1, -0.05) is 167 Å². The van der Waals surface area contributed by atoms with Gasteiger partial charge in [-0.2, -0.15) is 0 Å². The summed E-state index contributed by atoms with van der Waals surface area (Å²) in [7, 11) is 0. The number of rotatable bonds is 41. The molecule has 14 heteroatoms. The fourth-order valence-electron chi connectivity index (χ4n) is 8.20. The minimum atomic E-state index is -1.71. The minimum Gasteiger partial charge on any atom is -0.457 e. The van der Waals surface area contributed by atoms with E-state index in [0.717, 1.165) is 57.8 Å². The average molecular weight is 931 g/mol. The molecule has 0 aliphatic carbocycles. The van der Waals surface area contributed by atoms with E-state index in [4.69, 9.17) is 28.4 Å². The lowest BCUT2D eigenvalue weighted by molar-refractivity contribution is -0.332. The maximum absolute atomic E-state index is 13.0. The Morgan fingerprint density at radius 2 is 0.954 bits per heavy atom. The molecule has 11 atom stereocenters. The smallest absolute Gasteiger partial charge is 0.306 e. The highest BCUT2D eigenvalue weighted by molar-refractivity contribution is 5.69. The van der Waals surface area contributed by atoms with E-state index in [2.05, 4.69) is 38.2 Å². The zero-order chi connectivity index (χ0) is 47.3. The largest absolute Gasteiger partial charge is 0.457 e. The number of aliphatic hydroxyl groups is 7. The highest BCUT2D eigenvalue weighted by Gasteiger charge is 2.47. The van der Waals surface area contributed by atoms with Crippen LogP contribution in [0.3, 0.4) is 0 Å². The lowest BCUT2D eigenvalue weighted by Gasteiger charge is -2.42. The van der Waals surface area contributed by atoms with Gasteiger partial charge in [0, 0.05) is 13.0 Å². The van der Waals surface area contributed by atoms with Gasteiger partial charge in [0.1, 0.15) is 54.9 Å². The van der Waals surface area contributed by atoms with Crippen molar-refractivity contribution in [2.45, 2.75) is 261 Å². The molecular formula is C51H94O14. The van der Waals surface area contributed by atoms with Crippen LogP contribution < -0.4 is 0 Å². The standard InChI is InChI=1S/C51H94O14/c1-3-5-7-9-11-13-15-17-19-21-23-25-27-29-31-33-35-60-37-40(63-43(53)34-32-30-28-26-24-22-20-18-16-14-12-10-8-6-4-2)38-61-50-49(59)47(57)45(55)42(65-50)39-62-51-48(58)46(56)44(54)41(36-52)64-51/h11,13,17,19,40-42,44-52,54-59H,3-10,12,14-16,18,20-39H2,1-2H3/b13-11-,19-17-. The second-order valence-corrected chi connectivity index (χ2v) is 18.3. The fourth-order valence-corrected chi connectivity index (χ4v) is 8.20. The molecule has 2 aliphatic heterocycles. The van der Waals surface area contributed by atoms with Crippen molar-refractivity contribution in [1.82, 2.24) is 0 Å². The van der Waals surface area contributed by atoms with Gasteiger partial charge in [-0.15, -0.1) is 0 Å². The minimum absolute atomic E-state index is 0.0580. The zero-order valence-electron chi connectivity index (χ0n) is 40.5. The quantitative estimate of drug-likeness (QED) is 0.0179. The predicted molar refractivity (Wildman–Crippen MR) is 252 cm³/mol. The molecule has 0 saturated carbocycles. The second kappa shape index (κ2) is 39.3. The number of carbonyl (C=O) groups is 1. The molecule has 0 spiro atoms. The van der Waals surface area contributed by atoms with Crippen molar-refractivity contribution in [2.75, 3.05) is 33.0 Å². The molecule has 2 rings (SSSR count). The molecule has 65 heavy (non-hydrogen) atoms. The maximum atomic E-state index is 13.0. The topological polar surface area (TPSA) is 214 Å². The molecule has 2 saturated heterocycles. The SMILES string of the molecule is CCCCC/C=C\C/C=C\CCCCCCCCOCC(COC1OC(COC2OC(CO)C(O)C(O)C2O)C(O)C(O)C1O)OC(=O)CCCCCCCCCCCCCCCCC. The first-order valence-electron chi connectivity index (χ1n) is 25.9. The second-order valence-electron chi connectivity index (χ2n) is 18.3. The van der Waals surface area contributed by atoms with Gasteiger partial charge in [-0.05, 0) is 44.9 Å². The van der Waals surface area contributed by atoms with Gasteiger partial charge in [-0.25, -0.2) is 0 Å². The van der Waals surface area contributed by atoms with Crippen LogP contribution in [0.15, 0.2) is 24.3 Å². The van der Waals surface area contributed by atoms with Crippen LogP contribution in [0.5, 0.6) is 0 Å². The summed E-state index contributed by atoms with van der Waals surface area (Å²) in [6, 6.07) is 0. The van der Waals surface area contributed by atoms with Crippen molar-refractivity contribution < 1.29 is 69.0 Å². The Kier molecular flexibility index (Phi) is 36.1. The molecule has 0 aromatic rings. The highest BCUT2D eigenvalue weighted by Crippen LogP contribution is 2.26. The molecule has 2 aliphatic rings. The molecule has 0 radical (unpaired) electrons. The molecule has 0 amide bonds. The van der Waals surface area contributed by atoms with Gasteiger partial charge < -0.3 is 64.2 Å². The van der Waals surface area contributed by atoms with Crippen molar-refractivity contribution >= 4 is 5.97 Å². The van der Waals surface area contributed by atoms with Gasteiger partial charge in [0.2, 0.25) is 0 Å². The molecule has 7 N–H and O–H groups in total. The third-order valence-corrected chi connectivity index (χ3v) is 12.5. The lowest BCUT2D eigenvalue weighted by atomic mass is 9.98. The Hall–Kier alpha value is -1.53. The van der Waals surface area contributed by atoms with Crippen LogP contribution in [0.1, 0.15) is 194 Å². The monoisotopic (exact) mass is 931 g/mol. The summed E-state index contributed by atoms with van der Waals surface area (Å²) < 4.78 is 34.3. The van der Waals surface area contributed by atoms with E-state index in [-0.39, 0.29) is 25.6 Å². The van der Waals surface area contributed by atoms with Gasteiger partial charge >= 0.3 is 5.97 Å². The molecule has 382 valence electrons. The zero-order valence-corrected chi connectivity index (χ0v) is 40.5. The molecule has 0 aromatic heterocycles. The number of hydrogen-bond donors (Lipinski definition) is 7. The van der Waals surface area contributed by atoms with Crippen LogP contribution in [0.25, 0.3) is 0 Å². The average Bonchev–Trinajstić information content (AvgIpc) is 3.30. The summed E-state index contributed by atoms with van der Waals surface area (Å²) in [5.74, 6) is -0.378. The summed E-state index contributed by atoms with van der Waals surface area (Å²) in [6.07, 6.45) is 25.2. The van der Waals surface area contributed by atoms with Gasteiger partial charge in [0.05, 0.1) is 26.4 Å². The molecule has 2 heterocycles. The van der Waals surface area contributed by atoms with E-state index in [1.165, 1.54) is 109 Å². The Balaban J connectivity index is 1.77. The molecule has 2 fully saturated rings. The lowest BCUT2D eigenvalue weighted by Crippen LogP contribution is -2.61. The van der Waals surface area contributed by atoms with E-state index in [1.54, 1.807) is 0 Å². The third kappa shape index (κ3) is 27.3. The number of carbonyl (C=O) groups excluding carboxylic acids is 1. The normalized spacial score (nSPS) is 26.7. The Morgan fingerprint density at radius 3 is 1.51 bits per heavy atom. The summed E-state index contributed by atoms with van der Waals surface area (Å²) in [6.45, 7) is 3.66. The Bertz CT molecular complexity index is 1170. The van der Waals surface area contributed by atoms with E-state index in [0.29, 0.717) is 13.0 Å². The number of allylic oxidation sites excluding steroid dienone is 4. The Morgan fingerprint density at radius 1 is 0.508 bits per heavy atom. The van der Waals surface area contributed by atoms with Crippen LogP contribution in [-0.4, -0.2) is 142 Å². The summed E-state index contributed by atoms with van der Waals surface area (Å²) in [4.78, 5) is 13.0. The van der Waals surface area contributed by atoms with Gasteiger partial charge in [0.15, 0.2) is 12.6 Å². The van der Waals surface area contributed by atoms with Crippen LogP contribution in [-0.2, 0) is 33.2 Å². The molecule has 11 unspecified atom stereocenters. The van der Waals surface area contributed by atoms with E-state index in [1.807, 2.05) is 0 Å². The molecule has 14 nitrogen and oxygen atoms in total. The van der Waals surface area contributed by atoms with Crippen LogP contribution >= 0.6 is 0 Å². The van der Waals surface area contributed by atoms with Crippen molar-refractivity contribution in [1.29, 1.82) is 0 Å². The summed E-state index contributed by atoms with van der Waals surface area (Å²) in [5, 5.41) is 72.1.